The van der Waals surface area contributed by atoms with Crippen molar-refractivity contribution in [2.45, 2.75) is 46.1 Å². The van der Waals surface area contributed by atoms with Crippen LogP contribution >= 0.6 is 0 Å². The second-order valence-corrected chi connectivity index (χ2v) is 4.70. The predicted octanol–water partition coefficient (Wildman–Crippen LogP) is 2.13. The van der Waals surface area contributed by atoms with Crippen LogP contribution in [0.5, 0.6) is 0 Å². The molecule has 14 heavy (non-hydrogen) atoms. The first-order valence-electron chi connectivity index (χ1n) is 5.64. The third kappa shape index (κ3) is 3.56. The van der Waals surface area contributed by atoms with Gasteiger partial charge in [-0.15, -0.1) is 0 Å². The molecule has 2 N–H and O–H groups in total. The van der Waals surface area contributed by atoms with Gasteiger partial charge in [0.25, 0.3) is 0 Å². The van der Waals surface area contributed by atoms with E-state index in [-0.39, 0.29) is 6.03 Å². The molecule has 2 amide bonds. The highest BCUT2D eigenvalue weighted by atomic mass is 16.2. The van der Waals surface area contributed by atoms with E-state index < -0.39 is 0 Å². The molecule has 1 unspecified atom stereocenters. The van der Waals surface area contributed by atoms with Crippen LogP contribution in [0.3, 0.4) is 0 Å². The molecular formula is C11H22N2O. The molecule has 1 rings (SSSR count). The zero-order valence-corrected chi connectivity index (χ0v) is 9.47. The summed E-state index contributed by atoms with van der Waals surface area (Å²) in [4.78, 5) is 11.4. The minimum Gasteiger partial charge on any atom is -0.338 e. The molecule has 82 valence electrons. The molecule has 1 atom stereocenters. The largest absolute Gasteiger partial charge is 0.338 e. The Kier molecular flexibility index (Phi) is 4.23. The van der Waals surface area contributed by atoms with E-state index in [9.17, 15) is 4.79 Å². The van der Waals surface area contributed by atoms with Crippen LogP contribution in [0.4, 0.5) is 4.79 Å². The summed E-state index contributed by atoms with van der Waals surface area (Å²) in [6.07, 6.45) is 3.55. The van der Waals surface area contributed by atoms with E-state index >= 15 is 0 Å². The van der Waals surface area contributed by atoms with E-state index in [0.29, 0.717) is 17.9 Å². The number of hydrogen-bond acceptors (Lipinski definition) is 1. The van der Waals surface area contributed by atoms with Gasteiger partial charge >= 0.3 is 6.03 Å². The van der Waals surface area contributed by atoms with Gasteiger partial charge in [-0.25, -0.2) is 4.79 Å². The van der Waals surface area contributed by atoms with Gasteiger partial charge in [-0.05, 0) is 31.1 Å². The highest BCUT2D eigenvalue weighted by Gasteiger charge is 2.19. The Morgan fingerprint density at radius 2 is 2.00 bits per heavy atom. The predicted molar refractivity (Wildman–Crippen MR) is 58.2 cm³/mol. The van der Waals surface area contributed by atoms with E-state index in [2.05, 4.69) is 31.4 Å². The van der Waals surface area contributed by atoms with Gasteiger partial charge in [-0.1, -0.05) is 20.8 Å². The second-order valence-electron chi connectivity index (χ2n) is 4.70. The summed E-state index contributed by atoms with van der Waals surface area (Å²) in [6.45, 7) is 7.29. The highest BCUT2D eigenvalue weighted by Crippen LogP contribution is 2.17. The number of rotatable bonds is 4. The first-order valence-corrected chi connectivity index (χ1v) is 5.64. The molecule has 0 aromatic heterocycles. The molecule has 3 heteroatoms. The Morgan fingerprint density at radius 1 is 1.36 bits per heavy atom. The average molecular weight is 198 g/mol. The molecule has 0 saturated heterocycles. The Bertz CT molecular complexity index is 188. The summed E-state index contributed by atoms with van der Waals surface area (Å²) >= 11 is 0. The fourth-order valence-electron chi connectivity index (χ4n) is 1.28. The Morgan fingerprint density at radius 3 is 2.43 bits per heavy atom. The van der Waals surface area contributed by atoms with Crippen molar-refractivity contribution in [2.75, 3.05) is 6.54 Å². The molecule has 0 aromatic rings. The van der Waals surface area contributed by atoms with Gasteiger partial charge in [0, 0.05) is 12.6 Å². The topological polar surface area (TPSA) is 41.1 Å². The lowest BCUT2D eigenvalue weighted by atomic mass is 9.93. The van der Waals surface area contributed by atoms with Crippen molar-refractivity contribution < 1.29 is 4.79 Å². The molecule has 0 aliphatic heterocycles. The SMILES string of the molecule is CC(C)C(C)CNC(=O)NC1CCC1. The van der Waals surface area contributed by atoms with Crippen LogP contribution in [-0.4, -0.2) is 18.6 Å². The lowest BCUT2D eigenvalue weighted by Crippen LogP contribution is -2.46. The Hall–Kier alpha value is -0.730. The maximum Gasteiger partial charge on any atom is 0.315 e. The van der Waals surface area contributed by atoms with Crippen LogP contribution < -0.4 is 10.6 Å². The number of amides is 2. The number of carbonyl (C=O) groups excluding carboxylic acids is 1. The molecule has 0 radical (unpaired) electrons. The van der Waals surface area contributed by atoms with E-state index in [1.54, 1.807) is 0 Å². The maximum absolute atomic E-state index is 11.4. The summed E-state index contributed by atoms with van der Waals surface area (Å²) in [6, 6.07) is 0.437. The van der Waals surface area contributed by atoms with Crippen molar-refractivity contribution in [3.8, 4) is 0 Å². The van der Waals surface area contributed by atoms with Gasteiger partial charge in [-0.2, -0.15) is 0 Å². The van der Waals surface area contributed by atoms with Gasteiger partial charge in [0.05, 0.1) is 0 Å². The van der Waals surface area contributed by atoms with Crippen LogP contribution in [0.2, 0.25) is 0 Å². The van der Waals surface area contributed by atoms with Gasteiger partial charge < -0.3 is 10.6 Å². The van der Waals surface area contributed by atoms with Gasteiger partial charge in [0.2, 0.25) is 0 Å². The molecule has 1 saturated carbocycles. The van der Waals surface area contributed by atoms with Crippen LogP contribution in [0, 0.1) is 11.8 Å². The van der Waals surface area contributed by atoms with E-state index in [4.69, 9.17) is 0 Å². The first kappa shape index (κ1) is 11.3. The number of carbonyl (C=O) groups is 1. The van der Waals surface area contributed by atoms with Crippen LogP contribution in [-0.2, 0) is 0 Å². The average Bonchev–Trinajstić information content (AvgIpc) is 2.07. The van der Waals surface area contributed by atoms with Gasteiger partial charge in [0.15, 0.2) is 0 Å². The molecule has 1 aliphatic carbocycles. The zero-order valence-electron chi connectivity index (χ0n) is 9.47. The Labute approximate surface area is 86.6 Å². The van der Waals surface area contributed by atoms with Crippen molar-refractivity contribution >= 4 is 6.03 Å². The minimum absolute atomic E-state index is 0.00204. The lowest BCUT2D eigenvalue weighted by Gasteiger charge is -2.27. The molecule has 0 spiro atoms. The standard InChI is InChI=1S/C11H22N2O/c1-8(2)9(3)7-12-11(14)13-10-5-4-6-10/h8-10H,4-7H2,1-3H3,(H2,12,13,14). The number of urea groups is 1. The van der Waals surface area contributed by atoms with Crippen LogP contribution in [0.15, 0.2) is 0 Å². The fraction of sp³-hybridized carbons (Fsp3) is 0.909. The van der Waals surface area contributed by atoms with Crippen molar-refractivity contribution in [1.29, 1.82) is 0 Å². The summed E-state index contributed by atoms with van der Waals surface area (Å²) in [5.41, 5.74) is 0. The molecule has 0 aromatic carbocycles. The van der Waals surface area contributed by atoms with Crippen molar-refractivity contribution in [3.63, 3.8) is 0 Å². The molecule has 1 fully saturated rings. The minimum atomic E-state index is 0.00204. The number of nitrogens with one attached hydrogen (secondary N) is 2. The fourth-order valence-corrected chi connectivity index (χ4v) is 1.28. The molecule has 3 nitrogen and oxygen atoms in total. The van der Waals surface area contributed by atoms with Gasteiger partial charge in [-0.3, -0.25) is 0 Å². The monoisotopic (exact) mass is 198 g/mol. The second kappa shape index (κ2) is 5.23. The van der Waals surface area contributed by atoms with Crippen molar-refractivity contribution in [2.24, 2.45) is 11.8 Å². The van der Waals surface area contributed by atoms with Gasteiger partial charge in [0.1, 0.15) is 0 Å². The number of hydrogen-bond donors (Lipinski definition) is 2. The normalized spacial score (nSPS) is 18.9. The van der Waals surface area contributed by atoms with E-state index in [1.807, 2.05) is 0 Å². The van der Waals surface area contributed by atoms with Crippen molar-refractivity contribution in [3.05, 3.63) is 0 Å². The summed E-state index contributed by atoms with van der Waals surface area (Å²) < 4.78 is 0. The lowest BCUT2D eigenvalue weighted by molar-refractivity contribution is 0.225. The van der Waals surface area contributed by atoms with Crippen LogP contribution in [0.1, 0.15) is 40.0 Å². The zero-order chi connectivity index (χ0) is 10.6. The summed E-state index contributed by atoms with van der Waals surface area (Å²) in [5.74, 6) is 1.17. The quantitative estimate of drug-likeness (QED) is 0.714. The molecular weight excluding hydrogens is 176 g/mol. The van der Waals surface area contributed by atoms with Crippen molar-refractivity contribution in [1.82, 2.24) is 10.6 Å². The molecule has 0 heterocycles. The molecule has 1 aliphatic rings. The first-order chi connectivity index (χ1) is 6.59. The Balaban J connectivity index is 2.07. The summed E-state index contributed by atoms with van der Waals surface area (Å²) in [7, 11) is 0. The third-order valence-corrected chi connectivity index (χ3v) is 3.16. The maximum atomic E-state index is 11.4. The summed E-state index contributed by atoms with van der Waals surface area (Å²) in [5, 5.41) is 5.87. The third-order valence-electron chi connectivity index (χ3n) is 3.16. The van der Waals surface area contributed by atoms with E-state index in [1.165, 1.54) is 6.42 Å². The van der Waals surface area contributed by atoms with Crippen LogP contribution in [0.25, 0.3) is 0 Å². The highest BCUT2D eigenvalue weighted by molar-refractivity contribution is 5.74. The molecule has 0 bridgehead atoms. The van der Waals surface area contributed by atoms with E-state index in [0.717, 1.165) is 19.4 Å². The smallest absolute Gasteiger partial charge is 0.315 e.